The highest BCUT2D eigenvalue weighted by molar-refractivity contribution is 5.92. The fourth-order valence-electron chi connectivity index (χ4n) is 1.83. The highest BCUT2D eigenvalue weighted by Crippen LogP contribution is 2.14. The fourth-order valence-corrected chi connectivity index (χ4v) is 1.83. The summed E-state index contributed by atoms with van der Waals surface area (Å²) in [6.07, 6.45) is 0. The van der Waals surface area contributed by atoms with Crippen molar-refractivity contribution in [3.8, 4) is 0 Å². The Bertz CT molecular complexity index is 417. The number of anilines is 1. The van der Waals surface area contributed by atoms with E-state index in [0.717, 1.165) is 6.54 Å². The predicted octanol–water partition coefficient (Wildman–Crippen LogP) is 1.68. The molecule has 19 heavy (non-hydrogen) atoms. The van der Waals surface area contributed by atoms with Crippen LogP contribution in [0, 0.1) is 11.2 Å². The number of carbonyl (C=O) groups excluding carboxylic acids is 1. The second-order valence-corrected chi connectivity index (χ2v) is 5.60. The third-order valence-electron chi connectivity index (χ3n) is 2.79. The van der Waals surface area contributed by atoms with Gasteiger partial charge < -0.3 is 11.1 Å². The molecule has 0 heterocycles. The lowest BCUT2D eigenvalue weighted by Gasteiger charge is -2.28. The van der Waals surface area contributed by atoms with Gasteiger partial charge in [0.2, 0.25) is 5.91 Å². The average molecular weight is 267 g/mol. The molecule has 1 rings (SSSR count). The monoisotopic (exact) mass is 267 g/mol. The van der Waals surface area contributed by atoms with Crippen molar-refractivity contribution in [3.63, 3.8) is 0 Å². The molecule has 5 heteroatoms. The van der Waals surface area contributed by atoms with Crippen LogP contribution in [0.4, 0.5) is 10.1 Å². The topological polar surface area (TPSA) is 58.4 Å². The van der Waals surface area contributed by atoms with E-state index in [1.54, 1.807) is 0 Å². The molecule has 0 spiro atoms. The molecule has 0 unspecified atom stereocenters. The summed E-state index contributed by atoms with van der Waals surface area (Å²) in [7, 11) is 1.88. The highest BCUT2D eigenvalue weighted by atomic mass is 19.1. The van der Waals surface area contributed by atoms with Gasteiger partial charge in [0, 0.05) is 12.2 Å². The lowest BCUT2D eigenvalue weighted by Crippen LogP contribution is -2.40. The van der Waals surface area contributed by atoms with Crippen molar-refractivity contribution in [2.75, 3.05) is 32.0 Å². The van der Waals surface area contributed by atoms with Crippen LogP contribution in [0.1, 0.15) is 13.8 Å². The zero-order chi connectivity index (χ0) is 14.5. The van der Waals surface area contributed by atoms with Gasteiger partial charge in [0.15, 0.2) is 0 Å². The van der Waals surface area contributed by atoms with Crippen molar-refractivity contribution in [3.05, 3.63) is 30.1 Å². The zero-order valence-electron chi connectivity index (χ0n) is 11.7. The molecular formula is C14H22FN3O. The number of benzene rings is 1. The summed E-state index contributed by atoms with van der Waals surface area (Å²) in [6, 6.07) is 5.71. The molecule has 1 aromatic carbocycles. The normalized spacial score (nSPS) is 11.7. The van der Waals surface area contributed by atoms with Crippen LogP contribution in [-0.2, 0) is 4.79 Å². The van der Waals surface area contributed by atoms with Crippen molar-refractivity contribution in [1.29, 1.82) is 0 Å². The lowest BCUT2D eigenvalue weighted by atomic mass is 9.93. The number of nitrogens with zero attached hydrogens (tertiary/aromatic N) is 1. The van der Waals surface area contributed by atoms with Gasteiger partial charge in [-0.25, -0.2) is 4.39 Å². The standard InChI is InChI=1S/C14H22FN3O/c1-14(2,9-16)10-18(3)8-13(19)17-12-6-4-11(15)5-7-12/h4-7H,8-10,16H2,1-3H3,(H,17,19). The number of rotatable bonds is 6. The van der Waals surface area contributed by atoms with Gasteiger partial charge in [0.05, 0.1) is 6.54 Å². The van der Waals surface area contributed by atoms with E-state index in [9.17, 15) is 9.18 Å². The van der Waals surface area contributed by atoms with Crippen molar-refractivity contribution >= 4 is 11.6 Å². The van der Waals surface area contributed by atoms with Crippen molar-refractivity contribution < 1.29 is 9.18 Å². The molecule has 0 bridgehead atoms. The predicted molar refractivity (Wildman–Crippen MR) is 75.4 cm³/mol. The molecular weight excluding hydrogens is 245 g/mol. The van der Waals surface area contributed by atoms with Gasteiger partial charge >= 0.3 is 0 Å². The summed E-state index contributed by atoms with van der Waals surface area (Å²) in [4.78, 5) is 13.7. The number of carbonyl (C=O) groups is 1. The van der Waals surface area contributed by atoms with Crippen molar-refractivity contribution in [2.45, 2.75) is 13.8 Å². The third-order valence-corrected chi connectivity index (χ3v) is 2.79. The molecule has 0 saturated heterocycles. The first-order chi connectivity index (χ1) is 8.82. The molecule has 1 aromatic rings. The number of amides is 1. The van der Waals surface area contributed by atoms with Crippen LogP contribution in [-0.4, -0.2) is 37.5 Å². The second kappa shape index (κ2) is 6.63. The van der Waals surface area contributed by atoms with Gasteiger partial charge in [-0.3, -0.25) is 9.69 Å². The van der Waals surface area contributed by atoms with Gasteiger partial charge in [-0.05, 0) is 43.3 Å². The van der Waals surface area contributed by atoms with E-state index in [-0.39, 0.29) is 23.7 Å². The first-order valence-corrected chi connectivity index (χ1v) is 6.26. The Labute approximate surface area is 113 Å². The summed E-state index contributed by atoms with van der Waals surface area (Å²) < 4.78 is 12.7. The van der Waals surface area contributed by atoms with Crippen molar-refractivity contribution in [1.82, 2.24) is 4.90 Å². The number of likely N-dealkylation sites (N-methyl/N-ethyl adjacent to an activating group) is 1. The second-order valence-electron chi connectivity index (χ2n) is 5.60. The smallest absolute Gasteiger partial charge is 0.238 e. The van der Waals surface area contributed by atoms with Crippen LogP contribution < -0.4 is 11.1 Å². The van der Waals surface area contributed by atoms with Crippen LogP contribution in [0.3, 0.4) is 0 Å². The molecule has 0 aliphatic heterocycles. The van der Waals surface area contributed by atoms with Gasteiger partial charge in [0.1, 0.15) is 5.82 Å². The van der Waals surface area contributed by atoms with Crippen LogP contribution in [0.25, 0.3) is 0 Å². The Morgan fingerprint density at radius 3 is 2.47 bits per heavy atom. The number of nitrogens with two attached hydrogens (primary N) is 1. The fraction of sp³-hybridized carbons (Fsp3) is 0.500. The Balaban J connectivity index is 2.45. The minimum atomic E-state index is -0.320. The average Bonchev–Trinajstić information content (AvgIpc) is 2.31. The van der Waals surface area contributed by atoms with E-state index in [1.165, 1.54) is 24.3 Å². The largest absolute Gasteiger partial charge is 0.330 e. The van der Waals surface area contributed by atoms with Gasteiger partial charge in [0.25, 0.3) is 0 Å². The van der Waals surface area contributed by atoms with E-state index >= 15 is 0 Å². The van der Waals surface area contributed by atoms with Gasteiger partial charge in [-0.15, -0.1) is 0 Å². The third kappa shape index (κ3) is 5.81. The zero-order valence-corrected chi connectivity index (χ0v) is 11.7. The van der Waals surface area contributed by atoms with Crippen LogP contribution in [0.15, 0.2) is 24.3 Å². The van der Waals surface area contributed by atoms with E-state index in [0.29, 0.717) is 12.2 Å². The maximum Gasteiger partial charge on any atom is 0.238 e. The number of hydrogen-bond acceptors (Lipinski definition) is 3. The van der Waals surface area contributed by atoms with E-state index < -0.39 is 0 Å². The maximum absolute atomic E-state index is 12.7. The molecule has 0 atom stereocenters. The Morgan fingerprint density at radius 2 is 1.95 bits per heavy atom. The van der Waals surface area contributed by atoms with Crippen LogP contribution >= 0.6 is 0 Å². The molecule has 0 saturated carbocycles. The minimum Gasteiger partial charge on any atom is -0.330 e. The quantitative estimate of drug-likeness (QED) is 0.824. The van der Waals surface area contributed by atoms with Crippen LogP contribution in [0.5, 0.6) is 0 Å². The van der Waals surface area contributed by atoms with Gasteiger partial charge in [-0.1, -0.05) is 13.8 Å². The molecule has 0 aliphatic carbocycles. The summed E-state index contributed by atoms with van der Waals surface area (Å²) in [5.41, 5.74) is 6.23. The summed E-state index contributed by atoms with van der Waals surface area (Å²) in [5.74, 6) is -0.443. The Kier molecular flexibility index (Phi) is 5.44. The number of hydrogen-bond donors (Lipinski definition) is 2. The summed E-state index contributed by atoms with van der Waals surface area (Å²) >= 11 is 0. The Morgan fingerprint density at radius 1 is 1.37 bits per heavy atom. The number of halogens is 1. The molecule has 0 fully saturated rings. The molecule has 4 nitrogen and oxygen atoms in total. The number of nitrogens with one attached hydrogen (secondary N) is 1. The molecule has 0 aromatic heterocycles. The summed E-state index contributed by atoms with van der Waals surface area (Å²) in [5, 5.41) is 2.73. The lowest BCUT2D eigenvalue weighted by molar-refractivity contribution is -0.117. The SMILES string of the molecule is CN(CC(=O)Nc1ccc(F)cc1)CC(C)(C)CN. The van der Waals surface area contributed by atoms with E-state index in [4.69, 9.17) is 5.73 Å². The molecule has 3 N–H and O–H groups in total. The van der Waals surface area contributed by atoms with Gasteiger partial charge in [-0.2, -0.15) is 0 Å². The molecule has 1 amide bonds. The first-order valence-electron chi connectivity index (χ1n) is 6.26. The summed E-state index contributed by atoms with van der Waals surface area (Å²) in [6.45, 7) is 5.70. The molecule has 0 radical (unpaired) electrons. The minimum absolute atomic E-state index is 0.0229. The first kappa shape index (κ1) is 15.6. The maximum atomic E-state index is 12.7. The molecule has 0 aliphatic rings. The van der Waals surface area contributed by atoms with E-state index in [2.05, 4.69) is 19.2 Å². The molecule has 106 valence electrons. The van der Waals surface area contributed by atoms with E-state index in [1.807, 2.05) is 11.9 Å². The highest BCUT2D eigenvalue weighted by Gasteiger charge is 2.19. The van der Waals surface area contributed by atoms with Crippen molar-refractivity contribution in [2.24, 2.45) is 11.1 Å². The Hall–Kier alpha value is -1.46. The van der Waals surface area contributed by atoms with Crippen LogP contribution in [0.2, 0.25) is 0 Å².